The van der Waals surface area contributed by atoms with Crippen LogP contribution in [-0.4, -0.2) is 49.2 Å². The molecular formula is C11H20F3N3O. The second-order valence-corrected chi connectivity index (χ2v) is 4.93. The Hall–Kier alpha value is -0.820. The van der Waals surface area contributed by atoms with Crippen molar-refractivity contribution < 1.29 is 18.0 Å². The molecule has 3 N–H and O–H groups in total. The Morgan fingerprint density at radius 2 is 1.94 bits per heavy atom. The van der Waals surface area contributed by atoms with Crippen molar-refractivity contribution in [3.63, 3.8) is 0 Å². The van der Waals surface area contributed by atoms with Crippen molar-refractivity contribution >= 4 is 5.91 Å². The second-order valence-electron chi connectivity index (χ2n) is 4.93. The van der Waals surface area contributed by atoms with Crippen LogP contribution in [0.4, 0.5) is 13.2 Å². The van der Waals surface area contributed by atoms with Gasteiger partial charge in [-0.1, -0.05) is 6.92 Å². The summed E-state index contributed by atoms with van der Waals surface area (Å²) in [4.78, 5) is 12.7. The van der Waals surface area contributed by atoms with Crippen molar-refractivity contribution in [1.82, 2.24) is 10.2 Å². The Bertz CT molecular complexity index is 304. The number of amides is 1. The third-order valence-corrected chi connectivity index (χ3v) is 3.17. The summed E-state index contributed by atoms with van der Waals surface area (Å²) < 4.78 is 36.9. The number of carbonyl (C=O) groups is 1. The summed E-state index contributed by atoms with van der Waals surface area (Å²) in [5.74, 6) is -0.522. The Morgan fingerprint density at radius 3 is 2.28 bits per heavy atom. The molecule has 0 aromatic heterocycles. The lowest BCUT2D eigenvalue weighted by atomic mass is 9.91. The predicted molar refractivity (Wildman–Crippen MR) is 61.9 cm³/mol. The van der Waals surface area contributed by atoms with Gasteiger partial charge < -0.3 is 11.1 Å². The molecule has 106 valence electrons. The first kappa shape index (κ1) is 15.2. The Morgan fingerprint density at radius 1 is 1.39 bits per heavy atom. The highest BCUT2D eigenvalue weighted by atomic mass is 19.4. The molecule has 1 rings (SSSR count). The summed E-state index contributed by atoms with van der Waals surface area (Å²) in [5, 5.41) is 2.99. The van der Waals surface area contributed by atoms with Crippen molar-refractivity contribution in [2.45, 2.75) is 31.5 Å². The quantitative estimate of drug-likeness (QED) is 0.715. The van der Waals surface area contributed by atoms with Crippen LogP contribution in [-0.2, 0) is 4.79 Å². The monoisotopic (exact) mass is 267 g/mol. The van der Waals surface area contributed by atoms with Gasteiger partial charge in [-0.15, -0.1) is 0 Å². The molecule has 1 unspecified atom stereocenters. The van der Waals surface area contributed by atoms with Gasteiger partial charge in [0.15, 0.2) is 0 Å². The van der Waals surface area contributed by atoms with E-state index >= 15 is 0 Å². The summed E-state index contributed by atoms with van der Waals surface area (Å²) in [6.45, 7) is 1.25. The first-order chi connectivity index (χ1) is 8.21. The average molecular weight is 267 g/mol. The smallest absolute Gasteiger partial charge is 0.368 e. The van der Waals surface area contributed by atoms with Crippen LogP contribution in [0.5, 0.6) is 0 Å². The van der Waals surface area contributed by atoms with Crippen LogP contribution in [0.2, 0.25) is 0 Å². The molecule has 0 bridgehead atoms. The number of primary amides is 1. The minimum absolute atomic E-state index is 0.0135. The number of nitrogens with zero attached hydrogens (tertiary/aromatic N) is 1. The van der Waals surface area contributed by atoms with E-state index < -0.39 is 24.2 Å². The maximum absolute atomic E-state index is 12.3. The fraction of sp³-hybridized carbons (Fsp3) is 0.909. The van der Waals surface area contributed by atoms with Crippen LogP contribution in [0.15, 0.2) is 0 Å². The first-order valence-corrected chi connectivity index (χ1v) is 6.01. The number of hydrogen-bond acceptors (Lipinski definition) is 3. The van der Waals surface area contributed by atoms with E-state index in [-0.39, 0.29) is 12.5 Å². The van der Waals surface area contributed by atoms with Crippen LogP contribution in [0.1, 0.15) is 19.8 Å². The highest BCUT2D eigenvalue weighted by Crippen LogP contribution is 2.40. The molecule has 7 heteroatoms. The van der Waals surface area contributed by atoms with Crippen LogP contribution in [0.3, 0.4) is 0 Å². The van der Waals surface area contributed by atoms with Crippen LogP contribution >= 0.6 is 0 Å². The maximum atomic E-state index is 12.3. The number of hydrogen-bond donors (Lipinski definition) is 2. The number of alkyl halides is 3. The fourth-order valence-corrected chi connectivity index (χ4v) is 2.37. The fourth-order valence-electron chi connectivity index (χ4n) is 2.37. The molecule has 1 fully saturated rings. The van der Waals surface area contributed by atoms with E-state index in [0.29, 0.717) is 6.54 Å². The number of likely N-dealkylation sites (N-methyl/N-ethyl adjacent to an activating group) is 2. The Kier molecular flexibility index (Phi) is 4.61. The number of rotatable bonds is 7. The third-order valence-electron chi connectivity index (χ3n) is 3.17. The van der Waals surface area contributed by atoms with E-state index in [1.54, 1.807) is 0 Å². The van der Waals surface area contributed by atoms with Crippen LogP contribution in [0.25, 0.3) is 0 Å². The zero-order chi connectivity index (χ0) is 14.0. The van der Waals surface area contributed by atoms with E-state index in [1.807, 2.05) is 6.92 Å². The summed E-state index contributed by atoms with van der Waals surface area (Å²) in [7, 11) is 1.35. The molecule has 0 spiro atoms. The predicted octanol–water partition coefficient (Wildman–Crippen LogP) is 0.724. The van der Waals surface area contributed by atoms with Crippen molar-refractivity contribution in [2.75, 3.05) is 26.7 Å². The second kappa shape index (κ2) is 5.44. The summed E-state index contributed by atoms with van der Waals surface area (Å²) >= 11 is 0. The number of nitrogens with two attached hydrogens (primary N) is 1. The van der Waals surface area contributed by atoms with E-state index in [4.69, 9.17) is 5.73 Å². The van der Waals surface area contributed by atoms with Gasteiger partial charge in [0.1, 0.15) is 5.54 Å². The van der Waals surface area contributed by atoms with Gasteiger partial charge in [-0.25, -0.2) is 0 Å². The van der Waals surface area contributed by atoms with E-state index in [9.17, 15) is 18.0 Å². The molecule has 0 radical (unpaired) electrons. The minimum atomic E-state index is -4.27. The van der Waals surface area contributed by atoms with E-state index in [0.717, 1.165) is 17.7 Å². The lowest BCUT2D eigenvalue weighted by Crippen LogP contribution is -2.63. The van der Waals surface area contributed by atoms with Gasteiger partial charge >= 0.3 is 6.18 Å². The van der Waals surface area contributed by atoms with E-state index in [1.165, 1.54) is 7.05 Å². The molecule has 1 aliphatic carbocycles. The molecule has 0 aliphatic heterocycles. The molecule has 1 aliphatic rings. The molecular weight excluding hydrogens is 247 g/mol. The first-order valence-electron chi connectivity index (χ1n) is 6.01. The van der Waals surface area contributed by atoms with Gasteiger partial charge in [0.2, 0.25) is 5.91 Å². The SMILES string of the molecule is CCNC(CN(C)CC(F)(F)F)(C(N)=O)C1CC1. The Balaban J connectivity index is 2.74. The summed E-state index contributed by atoms with van der Waals surface area (Å²) in [6.07, 6.45) is -2.61. The maximum Gasteiger partial charge on any atom is 0.401 e. The van der Waals surface area contributed by atoms with Gasteiger partial charge in [-0.3, -0.25) is 9.69 Å². The van der Waals surface area contributed by atoms with Gasteiger partial charge in [0.05, 0.1) is 6.54 Å². The largest absolute Gasteiger partial charge is 0.401 e. The molecule has 0 saturated heterocycles. The molecule has 0 aromatic carbocycles. The average Bonchev–Trinajstić information content (AvgIpc) is 2.96. The third kappa shape index (κ3) is 3.84. The highest BCUT2D eigenvalue weighted by molar-refractivity contribution is 5.86. The van der Waals surface area contributed by atoms with Crippen molar-refractivity contribution in [1.29, 1.82) is 0 Å². The van der Waals surface area contributed by atoms with Gasteiger partial charge in [-0.05, 0) is 32.4 Å². The van der Waals surface area contributed by atoms with Gasteiger partial charge in [0.25, 0.3) is 0 Å². The zero-order valence-electron chi connectivity index (χ0n) is 10.7. The van der Waals surface area contributed by atoms with E-state index in [2.05, 4.69) is 5.32 Å². The minimum Gasteiger partial charge on any atom is -0.368 e. The normalized spacial score (nSPS) is 19.9. The van der Waals surface area contributed by atoms with Gasteiger partial charge in [0, 0.05) is 6.54 Å². The lowest BCUT2D eigenvalue weighted by Gasteiger charge is -2.35. The number of carbonyl (C=O) groups excluding carboxylic acids is 1. The molecule has 1 amide bonds. The Labute approximate surface area is 105 Å². The van der Waals surface area contributed by atoms with Crippen molar-refractivity contribution in [3.05, 3.63) is 0 Å². The number of nitrogens with one attached hydrogen (secondary N) is 1. The van der Waals surface area contributed by atoms with Crippen molar-refractivity contribution in [2.24, 2.45) is 11.7 Å². The molecule has 1 atom stereocenters. The molecule has 18 heavy (non-hydrogen) atoms. The highest BCUT2D eigenvalue weighted by Gasteiger charge is 2.50. The summed E-state index contributed by atoms with van der Waals surface area (Å²) in [6, 6.07) is 0. The van der Waals surface area contributed by atoms with Crippen LogP contribution < -0.4 is 11.1 Å². The topological polar surface area (TPSA) is 58.4 Å². The van der Waals surface area contributed by atoms with Crippen LogP contribution in [0, 0.1) is 5.92 Å². The number of halogens is 3. The molecule has 1 saturated carbocycles. The zero-order valence-corrected chi connectivity index (χ0v) is 10.7. The molecule has 0 aromatic rings. The standard InChI is InChI=1S/C11H20F3N3O/c1-3-16-10(9(15)18,8-4-5-8)6-17(2)7-11(12,13)14/h8,16H,3-7H2,1-2H3,(H2,15,18). The summed E-state index contributed by atoms with van der Waals surface area (Å²) in [5.41, 5.74) is 4.37. The lowest BCUT2D eigenvalue weighted by molar-refractivity contribution is -0.148. The van der Waals surface area contributed by atoms with Crippen molar-refractivity contribution in [3.8, 4) is 0 Å². The van der Waals surface area contributed by atoms with Gasteiger partial charge in [-0.2, -0.15) is 13.2 Å². The molecule has 4 nitrogen and oxygen atoms in total. The molecule has 0 heterocycles.